The molecule has 1 amide bonds. The molecule has 0 unspecified atom stereocenters. The molecule has 1 aromatic carbocycles. The lowest BCUT2D eigenvalue weighted by Crippen LogP contribution is -2.22. The topological polar surface area (TPSA) is 90.7 Å². The van der Waals surface area contributed by atoms with Gasteiger partial charge >= 0.3 is 0 Å². The van der Waals surface area contributed by atoms with Gasteiger partial charge in [0.05, 0.1) is 23.9 Å². The Bertz CT molecular complexity index is 968. The lowest BCUT2D eigenvalue weighted by Gasteiger charge is -2.07. The Morgan fingerprint density at radius 2 is 2.17 bits per heavy atom. The summed E-state index contributed by atoms with van der Waals surface area (Å²) in [4.78, 5) is 20.9. The number of thiazole rings is 1. The van der Waals surface area contributed by atoms with Crippen LogP contribution in [0.1, 0.15) is 5.56 Å². The number of benzene rings is 1. The van der Waals surface area contributed by atoms with Crippen LogP contribution in [0.2, 0.25) is 5.15 Å². The molecule has 120 valence electrons. The van der Waals surface area contributed by atoms with Gasteiger partial charge < -0.3 is 10.6 Å². The summed E-state index contributed by atoms with van der Waals surface area (Å²) < 4.78 is 13.6. The molecule has 0 saturated carbocycles. The molecule has 0 saturated heterocycles. The molecule has 2 heterocycles. The van der Waals surface area contributed by atoms with Crippen molar-refractivity contribution in [2.45, 2.75) is 0 Å². The van der Waals surface area contributed by atoms with Crippen molar-refractivity contribution in [3.63, 3.8) is 0 Å². The Kier molecular flexibility index (Phi) is 4.55. The third kappa shape index (κ3) is 3.59. The average Bonchev–Trinajstić information content (AvgIpc) is 2.95. The fraction of sp³-hybridized carbons (Fsp3) is 0.0667. The largest absolute Gasteiger partial charge is 0.374 e. The highest BCUT2D eigenvalue weighted by molar-refractivity contribution is 7.22. The monoisotopic (exact) mass is 361 g/mol. The number of aromatic nitrogens is 2. The van der Waals surface area contributed by atoms with Crippen molar-refractivity contribution in [1.82, 2.24) is 9.97 Å². The van der Waals surface area contributed by atoms with Crippen LogP contribution in [-0.4, -0.2) is 22.4 Å². The van der Waals surface area contributed by atoms with Gasteiger partial charge in [0.25, 0.3) is 0 Å². The van der Waals surface area contributed by atoms with Crippen LogP contribution in [0.25, 0.3) is 10.3 Å². The maximum absolute atomic E-state index is 13.6. The minimum atomic E-state index is -0.541. The highest BCUT2D eigenvalue weighted by Gasteiger charge is 2.10. The third-order valence-electron chi connectivity index (χ3n) is 3.00. The second-order valence-electron chi connectivity index (χ2n) is 4.69. The van der Waals surface area contributed by atoms with E-state index in [2.05, 4.69) is 20.6 Å². The van der Waals surface area contributed by atoms with Crippen LogP contribution in [-0.2, 0) is 4.79 Å². The summed E-state index contributed by atoms with van der Waals surface area (Å²) in [6.07, 6.45) is 0. The SMILES string of the molecule is N#Cc1ccc(F)c(NCC(=O)Nc2nc3ccc(Cl)nc3s2)c1. The Balaban J connectivity index is 1.66. The van der Waals surface area contributed by atoms with Crippen LogP contribution in [0.15, 0.2) is 30.3 Å². The van der Waals surface area contributed by atoms with Gasteiger partial charge in [0.15, 0.2) is 5.13 Å². The standard InChI is InChI=1S/C15H9ClFN5OS/c16-12-4-3-10-14(21-12)24-15(20-10)22-13(23)7-19-11-5-8(6-18)1-2-9(11)17/h1-5,19H,7H2,(H,20,22,23). The number of hydrogen-bond donors (Lipinski definition) is 2. The van der Waals surface area contributed by atoms with Crippen molar-refractivity contribution >= 4 is 50.0 Å². The number of nitrogens with zero attached hydrogens (tertiary/aromatic N) is 3. The van der Waals surface area contributed by atoms with Gasteiger partial charge in [-0.1, -0.05) is 22.9 Å². The van der Waals surface area contributed by atoms with Crippen molar-refractivity contribution in [3.05, 3.63) is 46.9 Å². The second-order valence-corrected chi connectivity index (χ2v) is 6.05. The molecular weight excluding hydrogens is 353 g/mol. The van der Waals surface area contributed by atoms with Crippen LogP contribution in [0.4, 0.5) is 15.2 Å². The lowest BCUT2D eigenvalue weighted by atomic mass is 10.2. The minimum Gasteiger partial charge on any atom is -0.374 e. The predicted molar refractivity (Wildman–Crippen MR) is 90.7 cm³/mol. The van der Waals surface area contributed by atoms with E-state index in [1.807, 2.05) is 6.07 Å². The highest BCUT2D eigenvalue weighted by atomic mass is 35.5. The van der Waals surface area contributed by atoms with Gasteiger partial charge in [0.1, 0.15) is 21.3 Å². The van der Waals surface area contributed by atoms with Crippen molar-refractivity contribution in [2.24, 2.45) is 0 Å². The fourth-order valence-electron chi connectivity index (χ4n) is 1.92. The van der Waals surface area contributed by atoms with Gasteiger partial charge in [-0.25, -0.2) is 14.4 Å². The summed E-state index contributed by atoms with van der Waals surface area (Å²) in [7, 11) is 0. The number of carbonyl (C=O) groups is 1. The van der Waals surface area contributed by atoms with E-state index in [4.69, 9.17) is 16.9 Å². The van der Waals surface area contributed by atoms with Crippen LogP contribution < -0.4 is 10.6 Å². The molecule has 0 spiro atoms. The Labute approximate surface area is 144 Å². The molecule has 2 aromatic heterocycles. The smallest absolute Gasteiger partial charge is 0.245 e. The van der Waals surface area contributed by atoms with Gasteiger partial charge in [-0.15, -0.1) is 0 Å². The molecule has 3 rings (SSSR count). The molecule has 0 fully saturated rings. The number of halogens is 2. The molecule has 6 nitrogen and oxygen atoms in total. The number of carbonyl (C=O) groups excluding carboxylic acids is 1. The van der Waals surface area contributed by atoms with E-state index in [9.17, 15) is 9.18 Å². The van der Waals surface area contributed by atoms with E-state index < -0.39 is 11.7 Å². The first-order valence-electron chi connectivity index (χ1n) is 6.71. The number of amides is 1. The van der Waals surface area contributed by atoms with Gasteiger partial charge in [-0.3, -0.25) is 4.79 Å². The molecule has 2 N–H and O–H groups in total. The first-order valence-corrected chi connectivity index (χ1v) is 7.91. The van der Waals surface area contributed by atoms with E-state index in [1.54, 1.807) is 12.1 Å². The van der Waals surface area contributed by atoms with Gasteiger partial charge in [-0.05, 0) is 30.3 Å². The van der Waals surface area contributed by atoms with Crippen LogP contribution in [0.5, 0.6) is 0 Å². The number of pyridine rings is 1. The quantitative estimate of drug-likeness (QED) is 0.695. The Morgan fingerprint density at radius 1 is 1.33 bits per heavy atom. The molecule has 0 atom stereocenters. The van der Waals surface area contributed by atoms with Crippen molar-refractivity contribution < 1.29 is 9.18 Å². The van der Waals surface area contributed by atoms with E-state index in [0.29, 0.717) is 26.2 Å². The molecule has 0 aliphatic rings. The maximum atomic E-state index is 13.6. The van der Waals surface area contributed by atoms with Gasteiger partial charge in [-0.2, -0.15) is 5.26 Å². The van der Waals surface area contributed by atoms with Crippen LogP contribution in [0.3, 0.4) is 0 Å². The van der Waals surface area contributed by atoms with Crippen molar-refractivity contribution in [1.29, 1.82) is 5.26 Å². The molecule has 24 heavy (non-hydrogen) atoms. The number of hydrogen-bond acceptors (Lipinski definition) is 6. The second kappa shape index (κ2) is 6.78. The minimum absolute atomic E-state index is 0.0851. The summed E-state index contributed by atoms with van der Waals surface area (Å²) in [5.41, 5.74) is 1.01. The van der Waals surface area contributed by atoms with Crippen LogP contribution >= 0.6 is 22.9 Å². The molecule has 9 heteroatoms. The fourth-order valence-corrected chi connectivity index (χ4v) is 2.97. The third-order valence-corrected chi connectivity index (χ3v) is 4.09. The number of anilines is 2. The normalized spacial score (nSPS) is 10.4. The molecular formula is C15H9ClFN5OS. The zero-order valence-corrected chi connectivity index (χ0v) is 13.6. The summed E-state index contributed by atoms with van der Waals surface area (Å²) in [6.45, 7) is -0.171. The van der Waals surface area contributed by atoms with Crippen molar-refractivity contribution in [2.75, 3.05) is 17.2 Å². The van der Waals surface area contributed by atoms with E-state index in [-0.39, 0.29) is 12.2 Å². The zero-order valence-electron chi connectivity index (χ0n) is 12.0. The maximum Gasteiger partial charge on any atom is 0.245 e. The number of nitriles is 1. The average molecular weight is 362 g/mol. The Morgan fingerprint density at radius 3 is 2.96 bits per heavy atom. The predicted octanol–water partition coefficient (Wildman–Crippen LogP) is 3.41. The van der Waals surface area contributed by atoms with Gasteiger partial charge in [0, 0.05) is 0 Å². The first-order chi connectivity index (χ1) is 11.5. The van der Waals surface area contributed by atoms with Crippen LogP contribution in [0, 0.1) is 17.1 Å². The summed E-state index contributed by atoms with van der Waals surface area (Å²) >= 11 is 6.99. The Hall–Kier alpha value is -2.76. The molecule has 3 aromatic rings. The molecule has 0 radical (unpaired) electrons. The van der Waals surface area contributed by atoms with Gasteiger partial charge in [0.2, 0.25) is 5.91 Å². The summed E-state index contributed by atoms with van der Waals surface area (Å²) in [6, 6.07) is 9.10. The van der Waals surface area contributed by atoms with E-state index in [0.717, 1.165) is 0 Å². The highest BCUT2D eigenvalue weighted by Crippen LogP contribution is 2.25. The molecule has 0 aliphatic heterocycles. The molecule has 0 bridgehead atoms. The number of rotatable bonds is 4. The lowest BCUT2D eigenvalue weighted by molar-refractivity contribution is -0.114. The first kappa shape index (κ1) is 16.1. The van der Waals surface area contributed by atoms with E-state index >= 15 is 0 Å². The summed E-state index contributed by atoms with van der Waals surface area (Å²) in [5, 5.41) is 14.8. The number of fused-ring (bicyclic) bond motifs is 1. The molecule has 0 aliphatic carbocycles. The number of nitrogens with one attached hydrogen (secondary N) is 2. The summed E-state index contributed by atoms with van der Waals surface area (Å²) in [5.74, 6) is -0.942. The van der Waals surface area contributed by atoms with Crippen molar-refractivity contribution in [3.8, 4) is 6.07 Å². The van der Waals surface area contributed by atoms with E-state index in [1.165, 1.54) is 29.5 Å². The zero-order chi connectivity index (χ0) is 17.1.